The number of nitrogens with two attached hydrogens (primary N) is 1. The van der Waals surface area contributed by atoms with Gasteiger partial charge >= 0.3 is 0 Å². The molecule has 0 amide bonds. The largest absolute Gasteiger partial charge is 0.243 e. The van der Waals surface area contributed by atoms with Crippen LogP contribution in [-0.4, -0.2) is 34.2 Å². The molecule has 152 valence electrons. The molecule has 0 radical (unpaired) electrons. The summed E-state index contributed by atoms with van der Waals surface area (Å²) in [6.45, 7) is 2.96. The fraction of sp³-hybridized carbons (Fsp3) is 0.400. The summed E-state index contributed by atoms with van der Waals surface area (Å²) < 4.78 is 50.2. The topological polar surface area (TPSA) is 97.5 Å². The molecular formula is C20H26N2O4S2. The quantitative estimate of drug-likeness (QED) is 0.774. The molecule has 1 saturated heterocycles. The zero-order valence-electron chi connectivity index (χ0n) is 15.9. The number of rotatable bonds is 6. The number of hydrogen-bond donors (Lipinski definition) is 1. The first-order chi connectivity index (χ1) is 13.2. The molecule has 2 N–H and O–H groups in total. The average molecular weight is 423 g/mol. The Kier molecular flexibility index (Phi) is 6.24. The van der Waals surface area contributed by atoms with E-state index in [1.165, 1.54) is 33.6 Å². The summed E-state index contributed by atoms with van der Waals surface area (Å²) in [5.74, 6) is 0.489. The Bertz CT molecular complexity index is 1020. The van der Waals surface area contributed by atoms with Crippen molar-refractivity contribution in [2.24, 2.45) is 11.1 Å². The lowest BCUT2D eigenvalue weighted by Gasteiger charge is -2.31. The molecule has 28 heavy (non-hydrogen) atoms. The van der Waals surface area contributed by atoms with Gasteiger partial charge in [0.1, 0.15) is 0 Å². The Balaban J connectivity index is 1.61. The molecule has 3 rings (SSSR count). The van der Waals surface area contributed by atoms with Gasteiger partial charge in [0.15, 0.2) is 0 Å². The maximum atomic E-state index is 12.9. The third kappa shape index (κ3) is 5.00. The molecule has 0 atom stereocenters. The molecule has 0 aromatic heterocycles. The second kappa shape index (κ2) is 8.32. The van der Waals surface area contributed by atoms with Crippen LogP contribution in [0.1, 0.15) is 30.4 Å². The van der Waals surface area contributed by atoms with Gasteiger partial charge in [-0.05, 0) is 62.3 Å². The lowest BCUT2D eigenvalue weighted by atomic mass is 9.91. The molecular weight excluding hydrogens is 396 g/mol. The van der Waals surface area contributed by atoms with Crippen LogP contribution in [0.15, 0.2) is 58.3 Å². The summed E-state index contributed by atoms with van der Waals surface area (Å²) in [6, 6.07) is 13.8. The summed E-state index contributed by atoms with van der Waals surface area (Å²) in [5.41, 5.74) is 2.55. The van der Waals surface area contributed by atoms with E-state index in [9.17, 15) is 16.8 Å². The SMILES string of the molecule is Cc1ccc(CCC2CCN(S(=O)(=O)c3cccc(S(N)(=O)=O)c3)CC2)cc1. The smallest absolute Gasteiger partial charge is 0.225 e. The van der Waals surface area contributed by atoms with E-state index in [1.54, 1.807) is 0 Å². The lowest BCUT2D eigenvalue weighted by molar-refractivity contribution is 0.263. The molecule has 1 heterocycles. The molecule has 0 unspecified atom stereocenters. The highest BCUT2D eigenvalue weighted by atomic mass is 32.2. The van der Waals surface area contributed by atoms with Crippen LogP contribution in [0.5, 0.6) is 0 Å². The van der Waals surface area contributed by atoms with E-state index in [0.717, 1.165) is 31.7 Å². The fourth-order valence-corrected chi connectivity index (χ4v) is 5.67. The fourth-order valence-electron chi connectivity index (χ4n) is 3.52. The molecule has 0 aliphatic carbocycles. The van der Waals surface area contributed by atoms with Crippen molar-refractivity contribution in [3.05, 3.63) is 59.7 Å². The highest BCUT2D eigenvalue weighted by Gasteiger charge is 2.29. The van der Waals surface area contributed by atoms with Crippen molar-refractivity contribution in [1.29, 1.82) is 0 Å². The molecule has 0 saturated carbocycles. The van der Waals surface area contributed by atoms with Crippen LogP contribution in [0.3, 0.4) is 0 Å². The molecule has 8 heteroatoms. The molecule has 0 bridgehead atoms. The van der Waals surface area contributed by atoms with Crippen LogP contribution in [0.4, 0.5) is 0 Å². The highest BCUT2D eigenvalue weighted by molar-refractivity contribution is 7.90. The zero-order valence-corrected chi connectivity index (χ0v) is 17.5. The van der Waals surface area contributed by atoms with Crippen LogP contribution in [0.25, 0.3) is 0 Å². The summed E-state index contributed by atoms with van der Waals surface area (Å²) in [6.07, 6.45) is 3.64. The molecule has 2 aromatic carbocycles. The van der Waals surface area contributed by atoms with Gasteiger partial charge < -0.3 is 0 Å². The van der Waals surface area contributed by atoms with Gasteiger partial charge in [-0.15, -0.1) is 0 Å². The maximum Gasteiger partial charge on any atom is 0.243 e. The number of hydrogen-bond acceptors (Lipinski definition) is 4. The summed E-state index contributed by atoms with van der Waals surface area (Å²) in [4.78, 5) is -0.223. The normalized spacial score (nSPS) is 16.9. The standard InChI is InChI=1S/C20H26N2O4S2/c1-16-5-7-17(8-6-16)9-10-18-11-13-22(14-12-18)28(25,26)20-4-2-3-19(15-20)27(21,23)24/h2-8,15,18H,9-14H2,1H3,(H2,21,23,24). The highest BCUT2D eigenvalue weighted by Crippen LogP contribution is 2.27. The number of aryl methyl sites for hydroxylation is 2. The van der Waals surface area contributed by atoms with Crippen LogP contribution >= 0.6 is 0 Å². The van der Waals surface area contributed by atoms with E-state index in [0.29, 0.717) is 19.0 Å². The van der Waals surface area contributed by atoms with Crippen molar-refractivity contribution in [2.75, 3.05) is 13.1 Å². The monoisotopic (exact) mass is 422 g/mol. The van der Waals surface area contributed by atoms with Crippen LogP contribution in [-0.2, 0) is 26.5 Å². The number of benzene rings is 2. The van der Waals surface area contributed by atoms with E-state index < -0.39 is 20.0 Å². The summed E-state index contributed by atoms with van der Waals surface area (Å²) in [7, 11) is -7.67. The molecule has 1 aliphatic heterocycles. The Morgan fingerprint density at radius 2 is 1.57 bits per heavy atom. The molecule has 6 nitrogen and oxygen atoms in total. The predicted octanol–water partition coefficient (Wildman–Crippen LogP) is 2.68. The van der Waals surface area contributed by atoms with Gasteiger partial charge in [-0.1, -0.05) is 35.9 Å². The van der Waals surface area contributed by atoms with Crippen LogP contribution in [0.2, 0.25) is 0 Å². The molecule has 1 aliphatic rings. The molecule has 0 spiro atoms. The van der Waals surface area contributed by atoms with Crippen molar-refractivity contribution in [3.63, 3.8) is 0 Å². The lowest BCUT2D eigenvalue weighted by Crippen LogP contribution is -2.38. The van der Waals surface area contributed by atoms with Gasteiger partial charge in [-0.2, -0.15) is 4.31 Å². The first-order valence-corrected chi connectivity index (χ1v) is 12.3. The van der Waals surface area contributed by atoms with Crippen molar-refractivity contribution in [1.82, 2.24) is 4.31 Å². The summed E-state index contributed by atoms with van der Waals surface area (Å²) >= 11 is 0. The minimum atomic E-state index is -3.94. The Hall–Kier alpha value is -1.74. The minimum Gasteiger partial charge on any atom is -0.225 e. The third-order valence-corrected chi connectivity index (χ3v) is 8.11. The van der Waals surface area contributed by atoms with Crippen LogP contribution < -0.4 is 5.14 Å². The molecule has 1 fully saturated rings. The Labute approximate surface area is 167 Å². The number of piperidine rings is 1. The van der Waals surface area contributed by atoms with Crippen molar-refractivity contribution in [3.8, 4) is 0 Å². The van der Waals surface area contributed by atoms with E-state index in [2.05, 4.69) is 31.2 Å². The Morgan fingerprint density at radius 3 is 2.18 bits per heavy atom. The zero-order chi connectivity index (χ0) is 20.4. The van der Waals surface area contributed by atoms with E-state index >= 15 is 0 Å². The van der Waals surface area contributed by atoms with E-state index in [-0.39, 0.29) is 9.79 Å². The predicted molar refractivity (Wildman–Crippen MR) is 109 cm³/mol. The van der Waals surface area contributed by atoms with Crippen LogP contribution in [0, 0.1) is 12.8 Å². The van der Waals surface area contributed by atoms with Gasteiger partial charge in [-0.3, -0.25) is 0 Å². The second-order valence-electron chi connectivity index (χ2n) is 7.39. The van der Waals surface area contributed by atoms with Gasteiger partial charge in [-0.25, -0.2) is 22.0 Å². The van der Waals surface area contributed by atoms with Gasteiger partial charge in [0.2, 0.25) is 20.0 Å². The van der Waals surface area contributed by atoms with Gasteiger partial charge in [0, 0.05) is 13.1 Å². The number of primary sulfonamides is 1. The number of sulfonamides is 2. The average Bonchev–Trinajstić information content (AvgIpc) is 2.67. The van der Waals surface area contributed by atoms with Crippen molar-refractivity contribution >= 4 is 20.0 Å². The van der Waals surface area contributed by atoms with Crippen molar-refractivity contribution < 1.29 is 16.8 Å². The first-order valence-electron chi connectivity index (χ1n) is 9.35. The number of nitrogens with zero attached hydrogens (tertiary/aromatic N) is 1. The third-order valence-electron chi connectivity index (χ3n) is 5.31. The molecule has 2 aromatic rings. The van der Waals surface area contributed by atoms with Gasteiger partial charge in [0.05, 0.1) is 9.79 Å². The maximum absolute atomic E-state index is 12.9. The summed E-state index contributed by atoms with van der Waals surface area (Å²) in [5, 5.41) is 5.12. The van der Waals surface area contributed by atoms with Crippen molar-refractivity contribution in [2.45, 2.75) is 42.4 Å². The van der Waals surface area contributed by atoms with E-state index in [1.807, 2.05) is 0 Å². The van der Waals surface area contributed by atoms with Gasteiger partial charge in [0.25, 0.3) is 0 Å². The second-order valence-corrected chi connectivity index (χ2v) is 10.9. The first kappa shape index (κ1) is 21.0. The minimum absolute atomic E-state index is 0.0304. The van der Waals surface area contributed by atoms with E-state index in [4.69, 9.17) is 5.14 Å². The Morgan fingerprint density at radius 1 is 0.964 bits per heavy atom.